The van der Waals surface area contributed by atoms with Crippen LogP contribution in [0.15, 0.2) is 48.5 Å². The largest absolute Gasteiger partial charge is 0.493 e. The molecule has 0 aliphatic heterocycles. The summed E-state index contributed by atoms with van der Waals surface area (Å²) in [5, 5.41) is 8.78. The first-order valence-corrected chi connectivity index (χ1v) is 6.17. The van der Waals surface area contributed by atoms with E-state index in [0.717, 1.165) is 6.42 Å². The zero-order valence-corrected chi connectivity index (χ0v) is 10.8. The fourth-order valence-electron chi connectivity index (χ4n) is 1.74. The third-order valence-corrected chi connectivity index (χ3v) is 2.88. The van der Waals surface area contributed by atoms with E-state index in [1.807, 2.05) is 0 Å². The Labute approximate surface area is 112 Å². The van der Waals surface area contributed by atoms with E-state index in [1.54, 1.807) is 24.3 Å². The van der Waals surface area contributed by atoms with Gasteiger partial charge in [0.1, 0.15) is 5.75 Å². The number of carbonyl (C=O) groups is 1. The summed E-state index contributed by atoms with van der Waals surface area (Å²) in [6.07, 6.45) is 0.834. The van der Waals surface area contributed by atoms with Crippen LogP contribution in [0, 0.1) is 6.92 Å². The molecular formula is C16H16O3. The van der Waals surface area contributed by atoms with Crippen LogP contribution in [0.2, 0.25) is 0 Å². The predicted molar refractivity (Wildman–Crippen MR) is 73.8 cm³/mol. The van der Waals surface area contributed by atoms with Gasteiger partial charge in [0.2, 0.25) is 0 Å². The number of carboxylic acids is 1. The maximum absolute atomic E-state index is 10.7. The number of rotatable bonds is 5. The zero-order chi connectivity index (χ0) is 13.7. The van der Waals surface area contributed by atoms with Gasteiger partial charge in [-0.3, -0.25) is 0 Å². The highest BCUT2D eigenvalue weighted by Crippen LogP contribution is 2.13. The molecule has 0 saturated heterocycles. The Morgan fingerprint density at radius 3 is 2.26 bits per heavy atom. The highest BCUT2D eigenvalue weighted by Gasteiger charge is 2.02. The Balaban J connectivity index is 1.85. The van der Waals surface area contributed by atoms with Gasteiger partial charge in [-0.2, -0.15) is 0 Å². The standard InChI is InChI=1S/C16H16O3/c1-12-2-4-13(5-3-12)10-11-19-15-8-6-14(7-9-15)16(17)18/h2-9H,10-11H2,1H3,(H,17,18). The zero-order valence-electron chi connectivity index (χ0n) is 10.8. The van der Waals surface area contributed by atoms with Crippen LogP contribution in [-0.4, -0.2) is 17.7 Å². The second-order valence-corrected chi connectivity index (χ2v) is 4.41. The van der Waals surface area contributed by atoms with Crippen LogP contribution in [0.3, 0.4) is 0 Å². The molecule has 3 heteroatoms. The van der Waals surface area contributed by atoms with Crippen LogP contribution < -0.4 is 4.74 Å². The minimum atomic E-state index is -0.925. The van der Waals surface area contributed by atoms with E-state index in [2.05, 4.69) is 31.2 Å². The van der Waals surface area contributed by atoms with E-state index in [4.69, 9.17) is 9.84 Å². The van der Waals surface area contributed by atoms with Gasteiger partial charge in [0.15, 0.2) is 0 Å². The third-order valence-electron chi connectivity index (χ3n) is 2.88. The maximum atomic E-state index is 10.7. The van der Waals surface area contributed by atoms with Gasteiger partial charge in [0.05, 0.1) is 12.2 Å². The number of ether oxygens (including phenoxy) is 1. The number of hydrogen-bond acceptors (Lipinski definition) is 2. The maximum Gasteiger partial charge on any atom is 0.335 e. The topological polar surface area (TPSA) is 46.5 Å². The molecule has 3 nitrogen and oxygen atoms in total. The fourth-order valence-corrected chi connectivity index (χ4v) is 1.74. The number of aromatic carboxylic acids is 1. The molecule has 0 bridgehead atoms. The lowest BCUT2D eigenvalue weighted by Crippen LogP contribution is -2.02. The summed E-state index contributed by atoms with van der Waals surface area (Å²) in [6, 6.07) is 14.8. The van der Waals surface area contributed by atoms with Crippen molar-refractivity contribution in [2.45, 2.75) is 13.3 Å². The monoisotopic (exact) mass is 256 g/mol. The van der Waals surface area contributed by atoms with Crippen LogP contribution in [0.1, 0.15) is 21.5 Å². The van der Waals surface area contributed by atoms with E-state index < -0.39 is 5.97 Å². The van der Waals surface area contributed by atoms with Crippen molar-refractivity contribution in [3.05, 3.63) is 65.2 Å². The van der Waals surface area contributed by atoms with E-state index in [1.165, 1.54) is 11.1 Å². The molecule has 98 valence electrons. The molecule has 0 amide bonds. The van der Waals surface area contributed by atoms with Crippen molar-refractivity contribution >= 4 is 5.97 Å². The minimum Gasteiger partial charge on any atom is -0.493 e. The SMILES string of the molecule is Cc1ccc(CCOc2ccc(C(=O)O)cc2)cc1. The lowest BCUT2D eigenvalue weighted by atomic mass is 10.1. The van der Waals surface area contributed by atoms with Crippen LogP contribution in [-0.2, 0) is 6.42 Å². The lowest BCUT2D eigenvalue weighted by Gasteiger charge is -2.06. The van der Waals surface area contributed by atoms with E-state index >= 15 is 0 Å². The Bertz CT molecular complexity index is 541. The molecule has 0 saturated carbocycles. The highest BCUT2D eigenvalue weighted by molar-refractivity contribution is 5.87. The van der Waals surface area contributed by atoms with Gasteiger partial charge >= 0.3 is 5.97 Å². The first-order chi connectivity index (χ1) is 9.15. The van der Waals surface area contributed by atoms with Gasteiger partial charge in [0.25, 0.3) is 0 Å². The quantitative estimate of drug-likeness (QED) is 0.892. The molecule has 0 unspecified atom stereocenters. The van der Waals surface area contributed by atoms with Crippen LogP contribution in [0.4, 0.5) is 0 Å². The van der Waals surface area contributed by atoms with Crippen molar-refractivity contribution in [3.8, 4) is 5.75 Å². The van der Waals surface area contributed by atoms with Gasteiger partial charge in [0, 0.05) is 6.42 Å². The van der Waals surface area contributed by atoms with Gasteiger partial charge in [-0.25, -0.2) is 4.79 Å². The average molecular weight is 256 g/mol. The summed E-state index contributed by atoms with van der Waals surface area (Å²) < 4.78 is 5.58. The summed E-state index contributed by atoms with van der Waals surface area (Å²) in [5.74, 6) is -0.233. The molecule has 19 heavy (non-hydrogen) atoms. The molecule has 0 fully saturated rings. The summed E-state index contributed by atoms with van der Waals surface area (Å²) in [6.45, 7) is 2.64. The Kier molecular flexibility index (Phi) is 4.18. The summed E-state index contributed by atoms with van der Waals surface area (Å²) in [7, 11) is 0. The van der Waals surface area contributed by atoms with Crippen molar-refractivity contribution < 1.29 is 14.6 Å². The van der Waals surface area contributed by atoms with Gasteiger partial charge in [-0.1, -0.05) is 29.8 Å². The molecule has 2 rings (SSSR count). The number of hydrogen-bond donors (Lipinski definition) is 1. The second-order valence-electron chi connectivity index (χ2n) is 4.41. The van der Waals surface area contributed by atoms with Crippen molar-refractivity contribution in [1.82, 2.24) is 0 Å². The molecule has 2 aromatic carbocycles. The van der Waals surface area contributed by atoms with Crippen LogP contribution >= 0.6 is 0 Å². The summed E-state index contributed by atoms with van der Waals surface area (Å²) in [4.78, 5) is 10.7. The molecular weight excluding hydrogens is 240 g/mol. The van der Waals surface area contributed by atoms with Gasteiger partial charge < -0.3 is 9.84 Å². The molecule has 0 heterocycles. The Morgan fingerprint density at radius 1 is 1.05 bits per heavy atom. The highest BCUT2D eigenvalue weighted by atomic mass is 16.5. The van der Waals surface area contributed by atoms with E-state index in [0.29, 0.717) is 12.4 Å². The van der Waals surface area contributed by atoms with E-state index in [9.17, 15) is 4.79 Å². The molecule has 0 aromatic heterocycles. The predicted octanol–water partition coefficient (Wildman–Crippen LogP) is 3.31. The van der Waals surface area contributed by atoms with Gasteiger partial charge in [-0.15, -0.1) is 0 Å². The summed E-state index contributed by atoms with van der Waals surface area (Å²) in [5.41, 5.74) is 2.74. The molecule has 0 aliphatic carbocycles. The molecule has 0 spiro atoms. The molecule has 0 radical (unpaired) electrons. The van der Waals surface area contributed by atoms with E-state index in [-0.39, 0.29) is 5.56 Å². The fraction of sp³-hybridized carbons (Fsp3) is 0.188. The summed E-state index contributed by atoms with van der Waals surface area (Å²) >= 11 is 0. The smallest absolute Gasteiger partial charge is 0.335 e. The number of benzene rings is 2. The van der Waals surface area contributed by atoms with Crippen LogP contribution in [0.25, 0.3) is 0 Å². The molecule has 0 atom stereocenters. The Morgan fingerprint density at radius 2 is 1.68 bits per heavy atom. The van der Waals surface area contributed by atoms with Crippen LogP contribution in [0.5, 0.6) is 5.75 Å². The molecule has 2 aromatic rings. The third kappa shape index (κ3) is 3.85. The molecule has 0 aliphatic rings. The van der Waals surface area contributed by atoms with Crippen molar-refractivity contribution in [1.29, 1.82) is 0 Å². The molecule has 1 N–H and O–H groups in total. The second kappa shape index (κ2) is 6.05. The lowest BCUT2D eigenvalue weighted by molar-refractivity contribution is 0.0697. The van der Waals surface area contributed by atoms with Gasteiger partial charge in [-0.05, 0) is 36.8 Å². The Hall–Kier alpha value is -2.29. The number of aryl methyl sites for hydroxylation is 1. The van der Waals surface area contributed by atoms with Crippen molar-refractivity contribution in [2.75, 3.05) is 6.61 Å². The van der Waals surface area contributed by atoms with Crippen molar-refractivity contribution in [3.63, 3.8) is 0 Å². The van der Waals surface area contributed by atoms with Crippen molar-refractivity contribution in [2.24, 2.45) is 0 Å². The first kappa shape index (κ1) is 13.1. The normalized spacial score (nSPS) is 10.2. The number of carboxylic acid groups (broad SMARTS) is 1. The average Bonchev–Trinajstić information content (AvgIpc) is 2.41. The first-order valence-electron chi connectivity index (χ1n) is 6.17. The minimum absolute atomic E-state index is 0.269.